The molecule has 1 aromatic rings. The van der Waals surface area contributed by atoms with Crippen LogP contribution in [-0.4, -0.2) is 29.4 Å². The van der Waals surface area contributed by atoms with Crippen molar-refractivity contribution in [2.75, 3.05) is 12.3 Å². The number of hydrogen-bond acceptors (Lipinski definition) is 4. The SMILES string of the molecule is CCC(O)CNC(=O)CSc1cccs1. The van der Waals surface area contributed by atoms with Gasteiger partial charge in [0.1, 0.15) is 0 Å². The number of rotatable bonds is 6. The topological polar surface area (TPSA) is 49.3 Å². The highest BCUT2D eigenvalue weighted by molar-refractivity contribution is 8.01. The Morgan fingerprint density at radius 1 is 1.73 bits per heavy atom. The Bertz CT molecular complexity index is 288. The van der Waals surface area contributed by atoms with Crippen molar-refractivity contribution >= 4 is 29.0 Å². The lowest BCUT2D eigenvalue weighted by Gasteiger charge is -2.08. The Morgan fingerprint density at radius 3 is 3.13 bits per heavy atom. The number of aliphatic hydroxyl groups is 1. The predicted molar refractivity (Wildman–Crippen MR) is 64.4 cm³/mol. The van der Waals surface area contributed by atoms with Gasteiger partial charge in [-0.1, -0.05) is 13.0 Å². The smallest absolute Gasteiger partial charge is 0.230 e. The largest absolute Gasteiger partial charge is 0.391 e. The summed E-state index contributed by atoms with van der Waals surface area (Å²) >= 11 is 3.15. The van der Waals surface area contributed by atoms with E-state index in [0.29, 0.717) is 18.7 Å². The molecule has 1 amide bonds. The quantitative estimate of drug-likeness (QED) is 0.750. The zero-order valence-electron chi connectivity index (χ0n) is 8.60. The highest BCUT2D eigenvalue weighted by atomic mass is 32.2. The van der Waals surface area contributed by atoms with Crippen LogP contribution in [0.25, 0.3) is 0 Å². The van der Waals surface area contributed by atoms with Gasteiger partial charge in [0.05, 0.1) is 16.1 Å². The van der Waals surface area contributed by atoms with Gasteiger partial charge < -0.3 is 10.4 Å². The predicted octanol–water partition coefficient (Wildman–Crippen LogP) is 1.73. The van der Waals surface area contributed by atoms with E-state index in [-0.39, 0.29) is 5.91 Å². The first-order valence-corrected chi connectivity index (χ1v) is 6.70. The number of nitrogens with one attached hydrogen (secondary N) is 1. The zero-order valence-corrected chi connectivity index (χ0v) is 10.2. The lowest BCUT2D eigenvalue weighted by Crippen LogP contribution is -2.32. The van der Waals surface area contributed by atoms with E-state index in [1.54, 1.807) is 11.3 Å². The number of carbonyl (C=O) groups excluding carboxylic acids is 1. The van der Waals surface area contributed by atoms with Gasteiger partial charge in [-0.25, -0.2) is 0 Å². The second-order valence-corrected chi connectivity index (χ2v) is 5.31. The molecule has 0 aromatic carbocycles. The number of hydrogen-bond donors (Lipinski definition) is 2. The fraction of sp³-hybridized carbons (Fsp3) is 0.500. The van der Waals surface area contributed by atoms with E-state index in [1.807, 2.05) is 24.4 Å². The van der Waals surface area contributed by atoms with E-state index < -0.39 is 6.10 Å². The molecule has 0 saturated heterocycles. The fourth-order valence-electron chi connectivity index (χ4n) is 0.909. The molecule has 0 bridgehead atoms. The van der Waals surface area contributed by atoms with Crippen LogP contribution in [0.2, 0.25) is 0 Å². The third-order valence-electron chi connectivity index (χ3n) is 1.85. The minimum Gasteiger partial charge on any atom is -0.391 e. The molecule has 0 aliphatic heterocycles. The molecule has 0 aliphatic carbocycles. The summed E-state index contributed by atoms with van der Waals surface area (Å²) in [7, 11) is 0. The fourth-order valence-corrected chi connectivity index (χ4v) is 2.52. The molecule has 84 valence electrons. The lowest BCUT2D eigenvalue weighted by molar-refractivity contribution is -0.119. The van der Waals surface area contributed by atoms with E-state index in [1.165, 1.54) is 11.8 Å². The summed E-state index contributed by atoms with van der Waals surface area (Å²) in [5.74, 6) is 0.387. The van der Waals surface area contributed by atoms with Crippen molar-refractivity contribution in [1.29, 1.82) is 0 Å². The first kappa shape index (κ1) is 12.5. The van der Waals surface area contributed by atoms with E-state index in [2.05, 4.69) is 5.32 Å². The molecule has 0 radical (unpaired) electrons. The van der Waals surface area contributed by atoms with Crippen molar-refractivity contribution in [1.82, 2.24) is 5.32 Å². The minimum absolute atomic E-state index is 0.0269. The summed E-state index contributed by atoms with van der Waals surface area (Å²) in [5.41, 5.74) is 0. The molecule has 1 aromatic heterocycles. The molecular weight excluding hydrogens is 230 g/mol. The van der Waals surface area contributed by atoms with Crippen LogP contribution in [0, 0.1) is 0 Å². The summed E-state index contributed by atoms with van der Waals surface area (Å²) in [6, 6.07) is 3.95. The third-order valence-corrected chi connectivity index (χ3v) is 3.98. The van der Waals surface area contributed by atoms with Gasteiger partial charge in [0.25, 0.3) is 0 Å². The lowest BCUT2D eigenvalue weighted by atomic mass is 10.3. The van der Waals surface area contributed by atoms with Crippen LogP contribution >= 0.6 is 23.1 Å². The van der Waals surface area contributed by atoms with Crippen LogP contribution in [-0.2, 0) is 4.79 Å². The molecule has 1 rings (SSSR count). The Kier molecular flexibility index (Phi) is 5.75. The number of carbonyl (C=O) groups is 1. The van der Waals surface area contributed by atoms with Crippen molar-refractivity contribution in [3.63, 3.8) is 0 Å². The molecular formula is C10H15NO2S2. The van der Waals surface area contributed by atoms with Gasteiger partial charge in [-0.3, -0.25) is 4.79 Å². The van der Waals surface area contributed by atoms with Gasteiger partial charge in [-0.05, 0) is 17.9 Å². The summed E-state index contributed by atoms with van der Waals surface area (Å²) in [4.78, 5) is 11.3. The van der Waals surface area contributed by atoms with Crippen molar-refractivity contribution in [3.05, 3.63) is 17.5 Å². The Hall–Kier alpha value is -0.520. The normalized spacial score (nSPS) is 12.4. The summed E-state index contributed by atoms with van der Waals surface area (Å²) in [6.45, 7) is 2.23. The molecule has 0 spiro atoms. The van der Waals surface area contributed by atoms with Crippen LogP contribution < -0.4 is 5.32 Å². The van der Waals surface area contributed by atoms with Crippen molar-refractivity contribution in [2.24, 2.45) is 0 Å². The van der Waals surface area contributed by atoms with Gasteiger partial charge in [0.15, 0.2) is 0 Å². The first-order chi connectivity index (χ1) is 7.22. The second kappa shape index (κ2) is 6.87. The third kappa shape index (κ3) is 5.20. The molecule has 5 heteroatoms. The van der Waals surface area contributed by atoms with Crippen molar-refractivity contribution in [3.8, 4) is 0 Å². The highest BCUT2D eigenvalue weighted by Gasteiger charge is 2.05. The van der Waals surface area contributed by atoms with Crippen LogP contribution in [0.4, 0.5) is 0 Å². The van der Waals surface area contributed by atoms with E-state index in [9.17, 15) is 9.90 Å². The summed E-state index contributed by atoms with van der Waals surface area (Å²) in [6.07, 6.45) is 0.235. The van der Waals surface area contributed by atoms with Gasteiger partial charge in [0, 0.05) is 6.54 Å². The number of aliphatic hydroxyl groups excluding tert-OH is 1. The van der Waals surface area contributed by atoms with Gasteiger partial charge in [-0.2, -0.15) is 0 Å². The standard InChI is InChI=1S/C10H15NO2S2/c1-2-8(12)6-11-9(13)7-15-10-4-3-5-14-10/h3-5,8,12H,2,6-7H2,1H3,(H,11,13). The minimum atomic E-state index is -0.430. The first-order valence-electron chi connectivity index (χ1n) is 4.83. The maximum absolute atomic E-state index is 11.3. The van der Waals surface area contributed by atoms with E-state index in [0.717, 1.165) is 4.21 Å². The highest BCUT2D eigenvalue weighted by Crippen LogP contribution is 2.22. The molecule has 15 heavy (non-hydrogen) atoms. The number of thiophene rings is 1. The van der Waals surface area contributed by atoms with Crippen molar-refractivity contribution < 1.29 is 9.90 Å². The summed E-state index contributed by atoms with van der Waals surface area (Å²) < 4.78 is 1.14. The average molecular weight is 245 g/mol. The maximum atomic E-state index is 11.3. The van der Waals surface area contributed by atoms with Gasteiger partial charge in [-0.15, -0.1) is 23.1 Å². The molecule has 0 fully saturated rings. The monoisotopic (exact) mass is 245 g/mol. The molecule has 0 aliphatic rings. The molecule has 1 atom stereocenters. The second-order valence-electron chi connectivity index (χ2n) is 3.09. The van der Waals surface area contributed by atoms with Crippen LogP contribution in [0.5, 0.6) is 0 Å². The van der Waals surface area contributed by atoms with Crippen LogP contribution in [0.15, 0.2) is 21.7 Å². The van der Waals surface area contributed by atoms with E-state index >= 15 is 0 Å². The van der Waals surface area contributed by atoms with Crippen LogP contribution in [0.3, 0.4) is 0 Å². The molecule has 1 unspecified atom stereocenters. The Labute approximate surface area is 97.9 Å². The van der Waals surface area contributed by atoms with Crippen LogP contribution in [0.1, 0.15) is 13.3 Å². The van der Waals surface area contributed by atoms with Gasteiger partial charge in [0.2, 0.25) is 5.91 Å². The Morgan fingerprint density at radius 2 is 2.53 bits per heavy atom. The maximum Gasteiger partial charge on any atom is 0.230 e. The zero-order chi connectivity index (χ0) is 11.1. The molecule has 3 nitrogen and oxygen atoms in total. The molecule has 0 saturated carbocycles. The number of amides is 1. The molecule has 1 heterocycles. The van der Waals surface area contributed by atoms with Gasteiger partial charge >= 0.3 is 0 Å². The summed E-state index contributed by atoms with van der Waals surface area (Å²) in [5, 5.41) is 13.9. The molecule has 2 N–H and O–H groups in total. The number of thioether (sulfide) groups is 1. The Balaban J connectivity index is 2.14. The average Bonchev–Trinajstić information content (AvgIpc) is 2.75. The van der Waals surface area contributed by atoms with E-state index in [4.69, 9.17) is 0 Å². The van der Waals surface area contributed by atoms with Crippen molar-refractivity contribution in [2.45, 2.75) is 23.7 Å².